The van der Waals surface area contributed by atoms with Crippen LogP contribution >= 0.6 is 23.4 Å². The number of carboxylic acids is 1. The lowest BCUT2D eigenvalue weighted by Crippen LogP contribution is -2.24. The average molecular weight is 346 g/mol. The van der Waals surface area contributed by atoms with Crippen LogP contribution in [-0.4, -0.2) is 31.5 Å². The summed E-state index contributed by atoms with van der Waals surface area (Å²) in [5, 5.41) is 20.1. The van der Waals surface area contributed by atoms with E-state index in [0.717, 1.165) is 23.0 Å². The van der Waals surface area contributed by atoms with Gasteiger partial charge in [0.25, 0.3) is 0 Å². The van der Waals surface area contributed by atoms with Gasteiger partial charge in [-0.15, -0.1) is 10.2 Å². The van der Waals surface area contributed by atoms with E-state index in [2.05, 4.69) is 15.2 Å². The number of aromatic nitrogens is 4. The Labute approximate surface area is 141 Å². The van der Waals surface area contributed by atoms with Crippen molar-refractivity contribution in [3.63, 3.8) is 0 Å². The van der Waals surface area contributed by atoms with Gasteiger partial charge in [0.2, 0.25) is 0 Å². The Balaban J connectivity index is 2.10. The summed E-state index contributed by atoms with van der Waals surface area (Å²) in [5.74, 6) is -0.774. The van der Waals surface area contributed by atoms with Crippen LogP contribution in [0.3, 0.4) is 0 Å². The molecule has 0 atom stereocenters. The van der Waals surface area contributed by atoms with Gasteiger partial charge in [-0.3, -0.25) is 9.55 Å². The van der Waals surface area contributed by atoms with E-state index in [-0.39, 0.29) is 5.75 Å². The zero-order valence-electron chi connectivity index (χ0n) is 11.7. The molecule has 0 unspecified atom stereocenters. The molecule has 0 radical (unpaired) electrons. The summed E-state index contributed by atoms with van der Waals surface area (Å²) in [6, 6.07) is 10.8. The van der Waals surface area contributed by atoms with Crippen molar-refractivity contribution in [2.75, 3.05) is 5.75 Å². The highest BCUT2D eigenvalue weighted by Gasteiger charge is 2.16. The van der Waals surface area contributed by atoms with Gasteiger partial charge in [-0.2, -0.15) is 0 Å². The predicted octanol–water partition coefficient (Wildman–Crippen LogP) is 1.82. The summed E-state index contributed by atoms with van der Waals surface area (Å²) in [6.07, 6.45) is 3.31. The molecule has 116 valence electrons. The van der Waals surface area contributed by atoms with E-state index in [4.69, 9.17) is 11.6 Å². The summed E-state index contributed by atoms with van der Waals surface area (Å²) in [6.45, 7) is 0. The highest BCUT2D eigenvalue weighted by molar-refractivity contribution is 7.99. The number of aliphatic carboxylic acids is 1. The van der Waals surface area contributed by atoms with Crippen LogP contribution in [0.2, 0.25) is 5.02 Å². The van der Waals surface area contributed by atoms with E-state index in [1.54, 1.807) is 29.1 Å². The third kappa shape index (κ3) is 3.52. The number of carbonyl (C=O) groups is 1. The number of pyridine rings is 1. The topological polar surface area (TPSA) is 83.7 Å². The zero-order valence-corrected chi connectivity index (χ0v) is 13.3. The maximum Gasteiger partial charge on any atom is 0.196 e. The van der Waals surface area contributed by atoms with E-state index in [0.29, 0.717) is 16.0 Å². The average Bonchev–Trinajstić information content (AvgIpc) is 2.98. The van der Waals surface area contributed by atoms with Crippen molar-refractivity contribution in [2.24, 2.45) is 0 Å². The molecule has 0 saturated carbocycles. The molecule has 0 bridgehead atoms. The van der Waals surface area contributed by atoms with Crippen LogP contribution in [0.1, 0.15) is 0 Å². The fraction of sp³-hybridized carbons (Fsp3) is 0.0667. The molecule has 3 aromatic rings. The second-order valence-electron chi connectivity index (χ2n) is 4.51. The quantitative estimate of drug-likeness (QED) is 0.656. The van der Waals surface area contributed by atoms with Gasteiger partial charge in [-0.05, 0) is 36.4 Å². The van der Waals surface area contributed by atoms with Crippen molar-refractivity contribution in [3.05, 3.63) is 53.8 Å². The first-order valence-corrected chi connectivity index (χ1v) is 7.96. The maximum atomic E-state index is 10.7. The monoisotopic (exact) mass is 345 g/mol. The maximum absolute atomic E-state index is 10.7. The van der Waals surface area contributed by atoms with Gasteiger partial charge in [0.15, 0.2) is 11.0 Å². The lowest BCUT2D eigenvalue weighted by Gasteiger charge is -2.10. The molecule has 0 aliphatic rings. The number of nitrogens with zero attached hydrogens (tertiary/aromatic N) is 4. The Morgan fingerprint density at radius 1 is 1.13 bits per heavy atom. The minimum absolute atomic E-state index is 0.206. The van der Waals surface area contributed by atoms with E-state index in [9.17, 15) is 9.90 Å². The fourth-order valence-electron chi connectivity index (χ4n) is 2.00. The highest BCUT2D eigenvalue weighted by Crippen LogP contribution is 2.28. The van der Waals surface area contributed by atoms with Crippen molar-refractivity contribution in [1.82, 2.24) is 19.7 Å². The summed E-state index contributed by atoms with van der Waals surface area (Å²) in [4.78, 5) is 14.7. The molecule has 0 fully saturated rings. The normalized spacial score (nSPS) is 10.7. The van der Waals surface area contributed by atoms with E-state index >= 15 is 0 Å². The van der Waals surface area contributed by atoms with Crippen LogP contribution < -0.4 is 5.11 Å². The summed E-state index contributed by atoms with van der Waals surface area (Å²) < 4.78 is 1.78. The number of rotatable bonds is 5. The molecule has 6 nitrogen and oxygen atoms in total. The molecule has 2 heterocycles. The van der Waals surface area contributed by atoms with Gasteiger partial charge in [-0.1, -0.05) is 23.4 Å². The number of carbonyl (C=O) groups excluding carboxylic acids is 1. The van der Waals surface area contributed by atoms with Crippen molar-refractivity contribution < 1.29 is 9.90 Å². The van der Waals surface area contributed by atoms with E-state index in [1.165, 1.54) is 0 Å². The highest BCUT2D eigenvalue weighted by atomic mass is 35.5. The Kier molecular flexibility index (Phi) is 4.59. The second kappa shape index (κ2) is 6.80. The number of hydrogen-bond donors (Lipinski definition) is 0. The Hall–Kier alpha value is -2.38. The third-order valence-corrected chi connectivity index (χ3v) is 4.13. The molecule has 0 aliphatic heterocycles. The Morgan fingerprint density at radius 3 is 2.48 bits per heavy atom. The van der Waals surface area contributed by atoms with Crippen molar-refractivity contribution in [1.29, 1.82) is 0 Å². The van der Waals surface area contributed by atoms with Gasteiger partial charge in [0.1, 0.15) is 0 Å². The molecule has 0 amide bonds. The number of benzene rings is 1. The minimum atomic E-state index is -1.16. The molecular formula is C15H10ClN4O2S-. The number of carboxylic acid groups (broad SMARTS) is 1. The molecule has 2 aromatic heterocycles. The van der Waals surface area contributed by atoms with Crippen LogP contribution in [0.15, 0.2) is 53.9 Å². The van der Waals surface area contributed by atoms with Gasteiger partial charge in [-0.25, -0.2) is 0 Å². The van der Waals surface area contributed by atoms with Gasteiger partial charge < -0.3 is 9.90 Å². The second-order valence-corrected chi connectivity index (χ2v) is 5.89. The molecule has 8 heteroatoms. The smallest absolute Gasteiger partial charge is 0.196 e. The van der Waals surface area contributed by atoms with Gasteiger partial charge in [0.05, 0.1) is 5.97 Å². The third-order valence-electron chi connectivity index (χ3n) is 2.98. The van der Waals surface area contributed by atoms with Crippen molar-refractivity contribution in [2.45, 2.75) is 5.16 Å². The molecule has 23 heavy (non-hydrogen) atoms. The number of hydrogen-bond acceptors (Lipinski definition) is 6. The molecule has 3 rings (SSSR count). The van der Waals surface area contributed by atoms with Crippen LogP contribution in [-0.2, 0) is 4.79 Å². The first kappa shape index (κ1) is 15.5. The molecule has 0 spiro atoms. The lowest BCUT2D eigenvalue weighted by molar-refractivity contribution is -0.301. The first-order chi connectivity index (χ1) is 11.1. The Morgan fingerprint density at radius 2 is 1.83 bits per heavy atom. The SMILES string of the molecule is O=C([O-])CSc1nnc(-c2ccncc2)n1-c1ccc(Cl)cc1. The van der Waals surface area contributed by atoms with E-state index in [1.807, 2.05) is 24.3 Å². The van der Waals surface area contributed by atoms with Crippen molar-refractivity contribution >= 4 is 29.3 Å². The number of halogens is 1. The summed E-state index contributed by atoms with van der Waals surface area (Å²) >= 11 is 6.98. The largest absolute Gasteiger partial charge is 0.549 e. The Bertz CT molecular complexity index is 821. The molecule has 0 N–H and O–H groups in total. The minimum Gasteiger partial charge on any atom is -0.549 e. The number of thioether (sulfide) groups is 1. The summed E-state index contributed by atoms with van der Waals surface area (Å²) in [5.41, 5.74) is 1.61. The van der Waals surface area contributed by atoms with Gasteiger partial charge in [0, 0.05) is 34.4 Å². The standard InChI is InChI=1S/C15H11ClN4O2S/c16-11-1-3-12(4-2-11)20-14(10-5-7-17-8-6-10)18-19-15(20)23-9-13(21)22/h1-8H,9H2,(H,21,22)/p-1. The molecule has 1 aromatic carbocycles. The van der Waals surface area contributed by atoms with Crippen LogP contribution in [0, 0.1) is 0 Å². The first-order valence-electron chi connectivity index (χ1n) is 6.59. The molecule has 0 saturated heterocycles. The summed E-state index contributed by atoms with van der Waals surface area (Å²) in [7, 11) is 0. The fourth-order valence-corrected chi connectivity index (χ4v) is 2.79. The van der Waals surface area contributed by atoms with Crippen LogP contribution in [0.25, 0.3) is 17.1 Å². The zero-order chi connectivity index (χ0) is 16.2. The molecule has 0 aliphatic carbocycles. The van der Waals surface area contributed by atoms with E-state index < -0.39 is 5.97 Å². The van der Waals surface area contributed by atoms with Crippen molar-refractivity contribution in [3.8, 4) is 17.1 Å². The molecular weight excluding hydrogens is 336 g/mol. The lowest BCUT2D eigenvalue weighted by atomic mass is 10.2. The predicted molar refractivity (Wildman–Crippen MR) is 85.3 cm³/mol. The van der Waals surface area contributed by atoms with Gasteiger partial charge >= 0.3 is 0 Å². The van der Waals surface area contributed by atoms with Crippen LogP contribution in [0.4, 0.5) is 0 Å². The van der Waals surface area contributed by atoms with Crippen LogP contribution in [0.5, 0.6) is 0 Å².